The first-order chi connectivity index (χ1) is 11.3. The Balaban J connectivity index is 2.83. The Morgan fingerprint density at radius 3 is 2.75 bits per heavy atom. The van der Waals surface area contributed by atoms with Gasteiger partial charge in [-0.25, -0.2) is 4.98 Å². The summed E-state index contributed by atoms with van der Waals surface area (Å²) in [5, 5.41) is 5.89. The van der Waals surface area contributed by atoms with Crippen molar-refractivity contribution in [2.75, 3.05) is 25.1 Å². The van der Waals surface area contributed by atoms with Gasteiger partial charge in [0, 0.05) is 19.2 Å². The first-order valence-electron chi connectivity index (χ1n) is 7.86. The summed E-state index contributed by atoms with van der Waals surface area (Å²) in [6.07, 6.45) is 0.606. The van der Waals surface area contributed by atoms with Crippen LogP contribution in [0.2, 0.25) is 0 Å². The fraction of sp³-hybridized carbons (Fsp3) is 0.600. The van der Waals surface area contributed by atoms with Gasteiger partial charge in [0.15, 0.2) is 5.82 Å². The van der Waals surface area contributed by atoms with Crippen LogP contribution in [0.3, 0.4) is 0 Å². The summed E-state index contributed by atoms with van der Waals surface area (Å²) in [6, 6.07) is 1.06. The Morgan fingerprint density at radius 2 is 2.17 bits per heavy atom. The number of aromatic amines is 1. The third-order valence-corrected chi connectivity index (χ3v) is 3.29. The van der Waals surface area contributed by atoms with Crippen LogP contribution in [-0.2, 0) is 9.53 Å². The zero-order valence-corrected chi connectivity index (χ0v) is 15.0. The molecule has 1 rings (SSSR count). The van der Waals surface area contributed by atoms with Gasteiger partial charge >= 0.3 is 0 Å². The molecule has 0 unspecified atom stereocenters. The van der Waals surface area contributed by atoms with E-state index in [1.807, 2.05) is 20.8 Å². The van der Waals surface area contributed by atoms with Gasteiger partial charge in [0.2, 0.25) is 5.91 Å². The van der Waals surface area contributed by atoms with Crippen molar-refractivity contribution in [2.45, 2.75) is 33.2 Å². The summed E-state index contributed by atoms with van der Waals surface area (Å²) in [5.74, 6) is -0.202. The fourth-order valence-electron chi connectivity index (χ4n) is 2.06. The molecule has 134 valence electrons. The summed E-state index contributed by atoms with van der Waals surface area (Å²) >= 11 is 5.02. The van der Waals surface area contributed by atoms with Gasteiger partial charge in [-0.15, -0.1) is 0 Å². The maximum atomic E-state index is 12.4. The molecule has 1 heterocycles. The molecule has 1 atom stereocenters. The second kappa shape index (κ2) is 9.99. The summed E-state index contributed by atoms with van der Waals surface area (Å²) < 4.78 is 5.42. The second-order valence-electron chi connectivity index (χ2n) is 5.66. The lowest BCUT2D eigenvalue weighted by Gasteiger charge is -2.21. The number of carbonyl (C=O) groups excluding carboxylic acids is 2. The molecule has 8 nitrogen and oxygen atoms in total. The predicted octanol–water partition coefficient (Wildman–Crippen LogP) is 1.22. The van der Waals surface area contributed by atoms with Crippen molar-refractivity contribution < 1.29 is 14.3 Å². The standard InChI is InChI=1S/C15H25N5O3S/c1-4-23-6-5-17-15(22)10(7-9(2)3)18-11-8-12(24)20-14(19-11)13(16)21/h8-10H,4-7H2,1-3H3,(H2,16,21)(H,17,22)(H2,18,19,20,24)/t10-/m1/s1. The van der Waals surface area contributed by atoms with E-state index in [4.69, 9.17) is 22.7 Å². The third kappa shape index (κ3) is 7.05. The van der Waals surface area contributed by atoms with Gasteiger partial charge < -0.3 is 26.1 Å². The van der Waals surface area contributed by atoms with E-state index in [1.165, 1.54) is 0 Å². The number of nitrogens with zero attached hydrogens (tertiary/aromatic N) is 1. The van der Waals surface area contributed by atoms with Gasteiger partial charge in [-0.2, -0.15) is 0 Å². The van der Waals surface area contributed by atoms with Crippen LogP contribution in [0.1, 0.15) is 37.8 Å². The SMILES string of the molecule is CCOCCNC(=O)[C@@H](CC(C)C)Nc1cc(=S)nc(C(N)=O)[nH]1. The normalized spacial score (nSPS) is 12.0. The number of nitrogens with two attached hydrogens (primary N) is 1. The number of H-pyrrole nitrogens is 1. The average Bonchev–Trinajstić information content (AvgIpc) is 2.49. The molecule has 2 amide bonds. The molecule has 24 heavy (non-hydrogen) atoms. The molecule has 1 aromatic heterocycles. The molecule has 1 aromatic rings. The molecule has 0 spiro atoms. The van der Waals surface area contributed by atoms with Crippen LogP contribution in [0.25, 0.3) is 0 Å². The van der Waals surface area contributed by atoms with Crippen molar-refractivity contribution in [3.05, 3.63) is 16.5 Å². The molecule has 9 heteroatoms. The average molecular weight is 355 g/mol. The lowest BCUT2D eigenvalue weighted by atomic mass is 10.0. The number of hydrogen-bond donors (Lipinski definition) is 4. The molecule has 0 bridgehead atoms. The molecular weight excluding hydrogens is 330 g/mol. The van der Waals surface area contributed by atoms with Crippen molar-refractivity contribution in [3.63, 3.8) is 0 Å². The Labute approximate surface area is 146 Å². The van der Waals surface area contributed by atoms with E-state index in [0.717, 1.165) is 0 Å². The topological polar surface area (TPSA) is 122 Å². The Bertz CT molecular complexity index is 617. The molecule has 0 aromatic carbocycles. The lowest BCUT2D eigenvalue weighted by molar-refractivity contribution is -0.122. The number of carbonyl (C=O) groups is 2. The van der Waals surface area contributed by atoms with Gasteiger partial charge in [-0.3, -0.25) is 9.59 Å². The molecule has 0 saturated heterocycles. The van der Waals surface area contributed by atoms with Crippen molar-refractivity contribution in [3.8, 4) is 0 Å². The minimum Gasteiger partial charge on any atom is -0.380 e. The smallest absolute Gasteiger partial charge is 0.284 e. The summed E-state index contributed by atoms with van der Waals surface area (Å²) in [6.45, 7) is 7.43. The maximum absolute atomic E-state index is 12.4. The number of ether oxygens (including phenoxy) is 1. The number of nitrogens with one attached hydrogen (secondary N) is 3. The first kappa shape index (κ1) is 20.0. The molecule has 0 aliphatic carbocycles. The monoisotopic (exact) mass is 355 g/mol. The van der Waals surface area contributed by atoms with E-state index in [9.17, 15) is 9.59 Å². The number of rotatable bonds is 10. The number of amides is 2. The number of primary amides is 1. The van der Waals surface area contributed by atoms with Crippen LogP contribution in [0, 0.1) is 10.6 Å². The highest BCUT2D eigenvalue weighted by atomic mass is 32.1. The summed E-state index contributed by atoms with van der Waals surface area (Å²) in [4.78, 5) is 30.2. The largest absolute Gasteiger partial charge is 0.380 e. The van der Waals surface area contributed by atoms with Crippen LogP contribution in [-0.4, -0.2) is 47.6 Å². The molecule has 0 aliphatic rings. The molecule has 0 saturated carbocycles. The van der Waals surface area contributed by atoms with E-state index >= 15 is 0 Å². The van der Waals surface area contributed by atoms with E-state index in [-0.39, 0.29) is 16.4 Å². The van der Waals surface area contributed by atoms with Gasteiger partial charge in [0.1, 0.15) is 16.5 Å². The molecular formula is C15H25N5O3S. The zero-order valence-electron chi connectivity index (χ0n) is 14.2. The van der Waals surface area contributed by atoms with Crippen LogP contribution in [0.5, 0.6) is 0 Å². The van der Waals surface area contributed by atoms with Crippen molar-refractivity contribution in [1.82, 2.24) is 15.3 Å². The predicted molar refractivity (Wildman–Crippen MR) is 94.3 cm³/mol. The van der Waals surface area contributed by atoms with Gasteiger partial charge in [-0.05, 0) is 19.3 Å². The molecule has 0 radical (unpaired) electrons. The molecule has 0 aliphatic heterocycles. The second-order valence-corrected chi connectivity index (χ2v) is 6.08. The van der Waals surface area contributed by atoms with Crippen LogP contribution in [0.15, 0.2) is 6.07 Å². The number of anilines is 1. The van der Waals surface area contributed by atoms with Crippen LogP contribution in [0.4, 0.5) is 5.82 Å². The van der Waals surface area contributed by atoms with Crippen LogP contribution >= 0.6 is 12.2 Å². The Kier molecular flexibility index (Phi) is 8.34. The highest BCUT2D eigenvalue weighted by Crippen LogP contribution is 2.12. The van der Waals surface area contributed by atoms with Crippen LogP contribution < -0.4 is 16.4 Å². The zero-order chi connectivity index (χ0) is 18.1. The lowest BCUT2D eigenvalue weighted by Crippen LogP contribution is -2.42. The molecule has 5 N–H and O–H groups in total. The third-order valence-electron chi connectivity index (χ3n) is 3.08. The van der Waals surface area contributed by atoms with Gasteiger partial charge in [0.25, 0.3) is 5.91 Å². The number of hydrogen-bond acceptors (Lipinski definition) is 6. The van der Waals surface area contributed by atoms with E-state index in [0.29, 0.717) is 37.9 Å². The Hall–Kier alpha value is -2.00. The molecule has 0 fully saturated rings. The van der Waals surface area contributed by atoms with E-state index in [1.54, 1.807) is 6.07 Å². The van der Waals surface area contributed by atoms with E-state index in [2.05, 4.69) is 20.6 Å². The summed E-state index contributed by atoms with van der Waals surface area (Å²) in [5.41, 5.74) is 5.22. The van der Waals surface area contributed by atoms with Gasteiger partial charge in [-0.1, -0.05) is 26.1 Å². The van der Waals surface area contributed by atoms with Crippen molar-refractivity contribution in [1.29, 1.82) is 0 Å². The maximum Gasteiger partial charge on any atom is 0.284 e. The minimum atomic E-state index is -0.716. The van der Waals surface area contributed by atoms with Crippen molar-refractivity contribution in [2.24, 2.45) is 11.7 Å². The Morgan fingerprint density at radius 1 is 1.46 bits per heavy atom. The first-order valence-corrected chi connectivity index (χ1v) is 8.27. The highest BCUT2D eigenvalue weighted by Gasteiger charge is 2.20. The summed E-state index contributed by atoms with van der Waals surface area (Å²) in [7, 11) is 0. The quantitative estimate of drug-likeness (QED) is 0.370. The minimum absolute atomic E-state index is 0.0509. The fourth-order valence-corrected chi connectivity index (χ4v) is 2.27. The van der Waals surface area contributed by atoms with Crippen molar-refractivity contribution >= 4 is 29.9 Å². The van der Waals surface area contributed by atoms with Gasteiger partial charge in [0.05, 0.1) is 6.61 Å². The van der Waals surface area contributed by atoms with E-state index < -0.39 is 11.9 Å². The number of aromatic nitrogens is 2. The highest BCUT2D eigenvalue weighted by molar-refractivity contribution is 7.71.